The van der Waals surface area contributed by atoms with Crippen LogP contribution >= 0.6 is 11.3 Å². The highest BCUT2D eigenvalue weighted by atomic mass is 32.1. The predicted molar refractivity (Wildman–Crippen MR) is 50.9 cm³/mol. The molecule has 0 aromatic carbocycles. The van der Waals surface area contributed by atoms with E-state index in [4.69, 9.17) is 5.11 Å². The van der Waals surface area contributed by atoms with Gasteiger partial charge in [-0.3, -0.25) is 0 Å². The van der Waals surface area contributed by atoms with Gasteiger partial charge in [0, 0.05) is 11.1 Å². The second kappa shape index (κ2) is 3.77. The van der Waals surface area contributed by atoms with Crippen molar-refractivity contribution in [2.75, 3.05) is 0 Å². The second-order valence-electron chi connectivity index (χ2n) is 2.88. The van der Waals surface area contributed by atoms with Crippen molar-refractivity contribution >= 4 is 17.3 Å². The molecule has 0 aliphatic heterocycles. The topological polar surface area (TPSA) is 89.1 Å². The van der Waals surface area contributed by atoms with Gasteiger partial charge in [0.25, 0.3) is 0 Å². The molecule has 0 radical (unpaired) electrons. The van der Waals surface area contributed by atoms with Crippen molar-refractivity contribution in [2.24, 2.45) is 0 Å². The van der Waals surface area contributed by atoms with Gasteiger partial charge in [-0.05, 0) is 6.92 Å². The van der Waals surface area contributed by atoms with Gasteiger partial charge in [-0.1, -0.05) is 5.16 Å². The Bertz CT molecular complexity index is 491. The molecule has 2 aromatic rings. The molecule has 0 fully saturated rings. The van der Waals surface area contributed by atoms with Crippen LogP contribution in [0.3, 0.4) is 0 Å². The Morgan fingerprint density at radius 2 is 2.40 bits per heavy atom. The first kappa shape index (κ1) is 9.78. The first-order valence-corrected chi connectivity index (χ1v) is 5.00. The van der Waals surface area contributed by atoms with E-state index in [9.17, 15) is 4.79 Å². The highest BCUT2D eigenvalue weighted by Crippen LogP contribution is 2.12. The molecule has 0 saturated heterocycles. The minimum Gasteiger partial charge on any atom is -0.474 e. The van der Waals surface area contributed by atoms with E-state index in [2.05, 4.69) is 19.6 Å². The van der Waals surface area contributed by atoms with Crippen LogP contribution in [0.1, 0.15) is 27.2 Å². The third-order valence-electron chi connectivity index (χ3n) is 1.63. The number of aromatic nitrogens is 3. The number of rotatable bonds is 3. The normalized spacial score (nSPS) is 10.5. The largest absolute Gasteiger partial charge is 0.474 e. The smallest absolute Gasteiger partial charge is 0.394 e. The first-order valence-electron chi connectivity index (χ1n) is 4.12. The number of carbonyl (C=O) groups is 1. The number of hydrogen-bond acceptors (Lipinski definition) is 6. The highest BCUT2D eigenvalue weighted by molar-refractivity contribution is 7.09. The molecule has 0 saturated carbocycles. The fourth-order valence-electron chi connectivity index (χ4n) is 1.03. The number of nitrogens with zero attached hydrogens (tertiary/aromatic N) is 3. The Labute approximate surface area is 88.6 Å². The molecule has 0 unspecified atom stereocenters. The Morgan fingerprint density at radius 1 is 1.60 bits per heavy atom. The lowest BCUT2D eigenvalue weighted by Crippen LogP contribution is -1.97. The summed E-state index contributed by atoms with van der Waals surface area (Å²) in [6, 6.07) is 0. The summed E-state index contributed by atoms with van der Waals surface area (Å²) in [6.45, 7) is 1.89. The molecule has 0 bridgehead atoms. The summed E-state index contributed by atoms with van der Waals surface area (Å²) in [7, 11) is 0. The number of aromatic carboxylic acids is 1. The van der Waals surface area contributed by atoms with Crippen molar-refractivity contribution in [1.82, 2.24) is 15.1 Å². The monoisotopic (exact) mass is 225 g/mol. The van der Waals surface area contributed by atoms with E-state index in [-0.39, 0.29) is 0 Å². The zero-order chi connectivity index (χ0) is 10.8. The number of hydrogen-bond donors (Lipinski definition) is 1. The molecule has 6 nitrogen and oxygen atoms in total. The van der Waals surface area contributed by atoms with Gasteiger partial charge >= 0.3 is 11.9 Å². The molecule has 7 heteroatoms. The van der Waals surface area contributed by atoms with Crippen LogP contribution in [0, 0.1) is 6.92 Å². The Kier molecular flexibility index (Phi) is 2.46. The fourth-order valence-corrected chi connectivity index (χ4v) is 1.80. The van der Waals surface area contributed by atoms with E-state index in [0.717, 1.165) is 10.7 Å². The van der Waals surface area contributed by atoms with Crippen LogP contribution < -0.4 is 0 Å². The summed E-state index contributed by atoms with van der Waals surface area (Å²) in [5.41, 5.74) is 0.928. The van der Waals surface area contributed by atoms with Crippen molar-refractivity contribution in [1.29, 1.82) is 0 Å². The van der Waals surface area contributed by atoms with Crippen LogP contribution in [0.25, 0.3) is 0 Å². The average Bonchev–Trinajstić information content (AvgIpc) is 2.76. The molecular weight excluding hydrogens is 218 g/mol. The maximum Gasteiger partial charge on any atom is 0.394 e. The van der Waals surface area contributed by atoms with E-state index < -0.39 is 11.9 Å². The van der Waals surface area contributed by atoms with Gasteiger partial charge in [-0.25, -0.2) is 9.78 Å². The molecule has 0 aliphatic carbocycles. The lowest BCUT2D eigenvalue weighted by molar-refractivity contribution is 0.0643. The van der Waals surface area contributed by atoms with Gasteiger partial charge < -0.3 is 9.63 Å². The van der Waals surface area contributed by atoms with Gasteiger partial charge in [-0.2, -0.15) is 4.98 Å². The lowest BCUT2D eigenvalue weighted by Gasteiger charge is -1.86. The van der Waals surface area contributed by atoms with Crippen molar-refractivity contribution in [2.45, 2.75) is 13.3 Å². The maximum atomic E-state index is 10.5. The summed E-state index contributed by atoms with van der Waals surface area (Å²) in [6.07, 6.45) is 0.398. The molecule has 1 N–H and O–H groups in total. The standard InChI is InChI=1S/C8H7N3O3S/c1-4-3-15-6(9-4)2-5-10-7(8(12)13)14-11-5/h3H,2H2,1H3,(H,12,13). The minimum atomic E-state index is -1.22. The lowest BCUT2D eigenvalue weighted by atomic mass is 10.4. The minimum absolute atomic E-state index is 0.335. The van der Waals surface area contributed by atoms with Gasteiger partial charge in [0.1, 0.15) is 5.01 Å². The van der Waals surface area contributed by atoms with Crippen LogP contribution in [0.4, 0.5) is 0 Å². The van der Waals surface area contributed by atoms with Crippen molar-refractivity contribution in [3.63, 3.8) is 0 Å². The Morgan fingerprint density at radius 3 is 2.93 bits per heavy atom. The zero-order valence-electron chi connectivity index (χ0n) is 7.80. The van der Waals surface area contributed by atoms with Crippen molar-refractivity contribution in [3.05, 3.63) is 27.8 Å². The third-order valence-corrected chi connectivity index (χ3v) is 2.59. The quantitative estimate of drug-likeness (QED) is 0.842. The molecule has 0 amide bonds. The third kappa shape index (κ3) is 2.18. The number of carboxylic acids is 1. The summed E-state index contributed by atoms with van der Waals surface area (Å²) < 4.78 is 4.52. The van der Waals surface area contributed by atoms with E-state index in [1.54, 1.807) is 0 Å². The SMILES string of the molecule is Cc1csc(Cc2noc(C(=O)O)n2)n1. The molecule has 2 heterocycles. The van der Waals surface area contributed by atoms with Crippen molar-refractivity contribution in [3.8, 4) is 0 Å². The molecule has 15 heavy (non-hydrogen) atoms. The summed E-state index contributed by atoms with van der Waals surface area (Å²) in [5, 5.41) is 14.8. The van der Waals surface area contributed by atoms with Crippen LogP contribution in [0.15, 0.2) is 9.90 Å². The predicted octanol–water partition coefficient (Wildman–Crippen LogP) is 1.12. The van der Waals surface area contributed by atoms with Crippen LogP contribution in [0.2, 0.25) is 0 Å². The van der Waals surface area contributed by atoms with Crippen LogP contribution in [0.5, 0.6) is 0 Å². The fraction of sp³-hybridized carbons (Fsp3) is 0.250. The molecule has 0 aliphatic rings. The van der Waals surface area contributed by atoms with E-state index in [1.165, 1.54) is 11.3 Å². The van der Waals surface area contributed by atoms with Gasteiger partial charge in [0.2, 0.25) is 0 Å². The number of carboxylic acid groups (broad SMARTS) is 1. The molecule has 0 atom stereocenters. The van der Waals surface area contributed by atoms with Crippen LogP contribution in [-0.2, 0) is 6.42 Å². The first-order chi connectivity index (χ1) is 7.15. The highest BCUT2D eigenvalue weighted by Gasteiger charge is 2.14. The zero-order valence-corrected chi connectivity index (χ0v) is 8.61. The van der Waals surface area contributed by atoms with E-state index in [1.807, 2.05) is 12.3 Å². The van der Waals surface area contributed by atoms with E-state index >= 15 is 0 Å². The number of aryl methyl sites for hydroxylation is 1. The van der Waals surface area contributed by atoms with Gasteiger partial charge in [-0.15, -0.1) is 11.3 Å². The average molecular weight is 225 g/mol. The summed E-state index contributed by atoms with van der Waals surface area (Å²) >= 11 is 1.48. The Hall–Kier alpha value is -1.76. The molecule has 2 rings (SSSR count). The summed E-state index contributed by atoms with van der Waals surface area (Å²) in [4.78, 5) is 18.4. The van der Waals surface area contributed by atoms with E-state index in [0.29, 0.717) is 12.2 Å². The second-order valence-corrected chi connectivity index (χ2v) is 3.82. The van der Waals surface area contributed by atoms with Gasteiger partial charge in [0.05, 0.1) is 6.42 Å². The maximum absolute atomic E-state index is 10.5. The molecular formula is C8H7N3O3S. The Balaban J connectivity index is 2.14. The van der Waals surface area contributed by atoms with Crippen LogP contribution in [-0.4, -0.2) is 26.2 Å². The molecule has 78 valence electrons. The molecule has 2 aromatic heterocycles. The summed E-state index contributed by atoms with van der Waals surface area (Å²) in [5.74, 6) is -1.27. The number of thiazole rings is 1. The molecule has 0 spiro atoms. The van der Waals surface area contributed by atoms with Crippen molar-refractivity contribution < 1.29 is 14.4 Å². The van der Waals surface area contributed by atoms with Gasteiger partial charge in [0.15, 0.2) is 5.82 Å².